The highest BCUT2D eigenvalue weighted by Gasteiger charge is 2.16. The van der Waals surface area contributed by atoms with Gasteiger partial charge in [0.2, 0.25) is 5.91 Å². The summed E-state index contributed by atoms with van der Waals surface area (Å²) in [5.74, 6) is -0.234. The number of aromatic nitrogens is 4. The topological polar surface area (TPSA) is 128 Å². The van der Waals surface area contributed by atoms with Gasteiger partial charge in [-0.2, -0.15) is 5.10 Å². The minimum atomic E-state index is -0.519. The van der Waals surface area contributed by atoms with Crippen molar-refractivity contribution in [2.75, 3.05) is 24.8 Å². The van der Waals surface area contributed by atoms with Gasteiger partial charge >= 0.3 is 5.97 Å². The zero-order chi connectivity index (χ0) is 24.1. The second-order valence-electron chi connectivity index (χ2n) is 6.97. The van der Waals surface area contributed by atoms with Crippen molar-refractivity contribution in [2.45, 2.75) is 12.1 Å². The lowest BCUT2D eigenvalue weighted by molar-refractivity contribution is -0.113. The molecule has 10 nitrogen and oxygen atoms in total. The fourth-order valence-electron chi connectivity index (χ4n) is 3.18. The number of anilines is 1. The lowest BCUT2D eigenvalue weighted by atomic mass is 10.2. The van der Waals surface area contributed by atoms with Gasteiger partial charge in [-0.1, -0.05) is 23.9 Å². The fraction of sp³-hybridized carbons (Fsp3) is 0.174. The van der Waals surface area contributed by atoms with Gasteiger partial charge in [0.05, 0.1) is 42.6 Å². The zero-order valence-electron chi connectivity index (χ0n) is 18.4. The molecule has 0 saturated carbocycles. The van der Waals surface area contributed by atoms with Crippen LogP contribution in [0.3, 0.4) is 0 Å². The number of hydrogen-bond acceptors (Lipinski definition) is 8. The van der Waals surface area contributed by atoms with Crippen molar-refractivity contribution in [3.8, 4) is 11.4 Å². The lowest BCUT2D eigenvalue weighted by Gasteiger charge is -2.10. The van der Waals surface area contributed by atoms with E-state index < -0.39 is 5.97 Å². The molecule has 0 fully saturated rings. The average Bonchev–Trinajstić information content (AvgIpc) is 3.28. The van der Waals surface area contributed by atoms with E-state index in [2.05, 4.69) is 20.4 Å². The summed E-state index contributed by atoms with van der Waals surface area (Å²) in [5.41, 5.74) is 1.32. The average molecular weight is 480 g/mol. The molecule has 0 spiro atoms. The van der Waals surface area contributed by atoms with E-state index in [-0.39, 0.29) is 34.5 Å². The molecule has 2 aromatic heterocycles. The van der Waals surface area contributed by atoms with Crippen molar-refractivity contribution in [1.29, 1.82) is 0 Å². The SMILES string of the molecule is CCOC(=O)c1ccccc1NC(=O)CSc1nc2c(cnn2-c2ccc(OC)cc2)c(=O)[nH]1. The van der Waals surface area contributed by atoms with Gasteiger partial charge in [-0.15, -0.1) is 0 Å². The van der Waals surface area contributed by atoms with Gasteiger partial charge in [0, 0.05) is 0 Å². The summed E-state index contributed by atoms with van der Waals surface area (Å²) in [6, 6.07) is 13.8. The second kappa shape index (κ2) is 10.2. The third-order valence-corrected chi connectivity index (χ3v) is 5.64. The lowest BCUT2D eigenvalue weighted by Crippen LogP contribution is -2.18. The van der Waals surface area contributed by atoms with Crippen molar-refractivity contribution in [3.05, 3.63) is 70.6 Å². The van der Waals surface area contributed by atoms with E-state index in [0.717, 1.165) is 11.8 Å². The minimum absolute atomic E-state index is 0.0394. The molecule has 0 radical (unpaired) electrons. The molecule has 2 aromatic carbocycles. The Bertz CT molecular complexity index is 1400. The summed E-state index contributed by atoms with van der Waals surface area (Å²) in [7, 11) is 1.58. The molecule has 0 saturated heterocycles. The van der Waals surface area contributed by atoms with Crippen molar-refractivity contribution in [2.24, 2.45) is 0 Å². The molecule has 0 aliphatic rings. The molecule has 1 amide bonds. The zero-order valence-corrected chi connectivity index (χ0v) is 19.2. The van der Waals surface area contributed by atoms with Crippen LogP contribution in [0.1, 0.15) is 17.3 Å². The molecule has 0 unspecified atom stereocenters. The number of methoxy groups -OCH3 is 1. The van der Waals surface area contributed by atoms with Crippen molar-refractivity contribution in [3.63, 3.8) is 0 Å². The molecule has 4 aromatic rings. The summed E-state index contributed by atoms with van der Waals surface area (Å²) in [4.78, 5) is 44.3. The molecular formula is C23H21N5O5S. The first kappa shape index (κ1) is 23.1. The van der Waals surface area contributed by atoms with Gasteiger partial charge in [-0.05, 0) is 43.3 Å². The standard InChI is InChI=1S/C23H21N5O5S/c1-3-33-22(31)16-6-4-5-7-18(16)25-19(29)13-34-23-26-20-17(21(30)27-23)12-24-28(20)14-8-10-15(32-2)11-9-14/h4-12H,3,13H2,1-2H3,(H,25,29)(H,26,27,30). The molecule has 11 heteroatoms. The summed E-state index contributed by atoms with van der Waals surface area (Å²) in [6.45, 7) is 1.94. The predicted molar refractivity (Wildman–Crippen MR) is 128 cm³/mol. The van der Waals surface area contributed by atoms with Gasteiger partial charge in [-0.25, -0.2) is 14.5 Å². The number of esters is 1. The van der Waals surface area contributed by atoms with Crippen LogP contribution in [0.2, 0.25) is 0 Å². The van der Waals surface area contributed by atoms with Gasteiger partial charge in [-0.3, -0.25) is 9.59 Å². The normalized spacial score (nSPS) is 10.8. The Labute approximate surface area is 198 Å². The third-order valence-electron chi connectivity index (χ3n) is 4.77. The maximum atomic E-state index is 12.5. The maximum Gasteiger partial charge on any atom is 0.340 e. The number of fused-ring (bicyclic) bond motifs is 1. The molecule has 2 heterocycles. The number of H-pyrrole nitrogens is 1. The highest BCUT2D eigenvalue weighted by atomic mass is 32.2. The van der Waals surface area contributed by atoms with Crippen LogP contribution in [0.5, 0.6) is 5.75 Å². The fourth-order valence-corrected chi connectivity index (χ4v) is 3.83. The van der Waals surface area contributed by atoms with Gasteiger partial charge in [0.1, 0.15) is 11.1 Å². The number of hydrogen-bond donors (Lipinski definition) is 2. The maximum absolute atomic E-state index is 12.5. The first-order valence-electron chi connectivity index (χ1n) is 10.3. The van der Waals surface area contributed by atoms with Crippen LogP contribution in [-0.2, 0) is 9.53 Å². The predicted octanol–water partition coefficient (Wildman–Crippen LogP) is 3.02. The minimum Gasteiger partial charge on any atom is -0.497 e. The van der Waals surface area contributed by atoms with Crippen molar-refractivity contribution in [1.82, 2.24) is 19.7 Å². The van der Waals surface area contributed by atoms with Crippen molar-refractivity contribution < 1.29 is 19.1 Å². The Kier molecular flexibility index (Phi) is 6.93. The van der Waals surface area contributed by atoms with Gasteiger partial charge in [0.15, 0.2) is 10.8 Å². The number of aromatic amines is 1. The third kappa shape index (κ3) is 4.94. The highest BCUT2D eigenvalue weighted by molar-refractivity contribution is 7.99. The van der Waals surface area contributed by atoms with E-state index in [9.17, 15) is 14.4 Å². The summed E-state index contributed by atoms with van der Waals surface area (Å²) >= 11 is 1.06. The number of nitrogens with zero attached hydrogens (tertiary/aromatic N) is 3. The largest absolute Gasteiger partial charge is 0.497 e. The van der Waals surface area contributed by atoms with E-state index in [1.807, 2.05) is 0 Å². The van der Waals surface area contributed by atoms with Gasteiger partial charge in [0.25, 0.3) is 5.56 Å². The number of thioether (sulfide) groups is 1. The molecule has 2 N–H and O–H groups in total. The number of carbonyl (C=O) groups excluding carboxylic acids is 2. The number of amides is 1. The molecule has 0 atom stereocenters. The monoisotopic (exact) mass is 479 g/mol. The highest BCUT2D eigenvalue weighted by Crippen LogP contribution is 2.21. The summed E-state index contributed by atoms with van der Waals surface area (Å²) in [6.07, 6.45) is 1.44. The van der Waals surface area contributed by atoms with Crippen LogP contribution in [-0.4, -0.2) is 51.1 Å². The molecule has 0 bridgehead atoms. The van der Waals surface area contributed by atoms with Crippen LogP contribution in [0.15, 0.2) is 64.7 Å². The number of rotatable bonds is 8. The Morgan fingerprint density at radius 1 is 1.15 bits per heavy atom. The van der Waals surface area contributed by atoms with Crippen LogP contribution in [0.25, 0.3) is 16.7 Å². The van der Waals surface area contributed by atoms with E-state index in [0.29, 0.717) is 28.2 Å². The number of nitrogens with one attached hydrogen (secondary N) is 2. The Hall–Kier alpha value is -4.12. The number of carbonyl (C=O) groups is 2. The molecule has 0 aliphatic heterocycles. The van der Waals surface area contributed by atoms with Crippen LogP contribution < -0.4 is 15.6 Å². The second-order valence-corrected chi connectivity index (χ2v) is 7.93. The van der Waals surface area contributed by atoms with Crippen molar-refractivity contribution >= 4 is 40.4 Å². The number of benzene rings is 2. The number of ether oxygens (including phenoxy) is 2. The summed E-state index contributed by atoms with van der Waals surface area (Å²) in [5, 5.41) is 7.57. The first-order chi connectivity index (χ1) is 16.5. The van der Waals surface area contributed by atoms with E-state index in [1.165, 1.54) is 6.20 Å². The number of para-hydroxylation sites is 1. The molecule has 0 aliphatic carbocycles. The van der Waals surface area contributed by atoms with E-state index >= 15 is 0 Å². The summed E-state index contributed by atoms with van der Waals surface area (Å²) < 4.78 is 11.7. The quantitative estimate of drug-likeness (QED) is 0.224. The Morgan fingerprint density at radius 2 is 1.91 bits per heavy atom. The molecule has 174 valence electrons. The van der Waals surface area contributed by atoms with Crippen LogP contribution in [0.4, 0.5) is 5.69 Å². The van der Waals surface area contributed by atoms with Crippen LogP contribution >= 0.6 is 11.8 Å². The van der Waals surface area contributed by atoms with E-state index in [1.54, 1.807) is 67.2 Å². The molecule has 34 heavy (non-hydrogen) atoms. The van der Waals surface area contributed by atoms with Gasteiger partial charge < -0.3 is 19.8 Å². The Morgan fingerprint density at radius 3 is 2.65 bits per heavy atom. The van der Waals surface area contributed by atoms with E-state index in [4.69, 9.17) is 9.47 Å². The first-order valence-corrected chi connectivity index (χ1v) is 11.3. The van der Waals surface area contributed by atoms with Crippen LogP contribution in [0, 0.1) is 0 Å². The molecule has 4 rings (SSSR count). The Balaban J connectivity index is 1.51. The molecular weight excluding hydrogens is 458 g/mol. The smallest absolute Gasteiger partial charge is 0.340 e.